The second-order valence-corrected chi connectivity index (χ2v) is 19.2. The van der Waals surface area contributed by atoms with Crippen molar-refractivity contribution in [3.63, 3.8) is 0 Å². The zero-order valence-electron chi connectivity index (χ0n) is 36.7. The standard InChI is InChI=1S/C50H54N6O4S4/c1-5-25-51-49(61)35-19-21-41-45(55(33(3)31-53-27-11-12-28-53)37-15-7-9-17-39(37)63-41)47(35)59-43(57)23-24-44(58)60-48-36(50(62)52-26-6-2)20-22-42-46(48)56(34(4)32-54-29-13-14-30-54)38-16-8-10-18-40(38)64-42/h7-24,33-34H,5-6,25-32H2,1-4H3,(H,51,61)(H,52,62)/b24-23+. The van der Waals surface area contributed by atoms with Crippen molar-refractivity contribution in [1.82, 2.24) is 20.4 Å². The third-order valence-corrected chi connectivity index (χ3v) is 14.4. The molecule has 332 valence electrons. The molecular weight excluding hydrogens is 877 g/mol. The predicted molar refractivity (Wildman–Crippen MR) is 269 cm³/mol. The number of para-hydroxylation sites is 2. The molecule has 0 aliphatic carbocycles. The highest BCUT2D eigenvalue weighted by molar-refractivity contribution is 8.00. The van der Waals surface area contributed by atoms with Crippen molar-refractivity contribution in [1.29, 1.82) is 0 Å². The Morgan fingerprint density at radius 1 is 0.609 bits per heavy atom. The fourth-order valence-corrected chi connectivity index (χ4v) is 11.2. The minimum atomic E-state index is -0.737. The summed E-state index contributed by atoms with van der Waals surface area (Å²) in [6.07, 6.45) is 12.8. The Morgan fingerprint density at radius 2 is 1.00 bits per heavy atom. The normalized spacial score (nSPS) is 16.2. The van der Waals surface area contributed by atoms with Crippen molar-refractivity contribution >= 4 is 92.6 Å². The van der Waals surface area contributed by atoms with E-state index in [9.17, 15) is 9.59 Å². The summed E-state index contributed by atoms with van der Waals surface area (Å²) in [5, 5.41) is 6.67. The van der Waals surface area contributed by atoms with Crippen LogP contribution in [0.1, 0.15) is 51.7 Å². The van der Waals surface area contributed by atoms with Crippen molar-refractivity contribution < 1.29 is 19.1 Å². The van der Waals surface area contributed by atoms with Crippen LogP contribution >= 0.6 is 48.0 Å². The van der Waals surface area contributed by atoms with E-state index in [0.29, 0.717) is 45.7 Å². The molecule has 0 saturated carbocycles. The Morgan fingerprint density at radius 3 is 1.39 bits per heavy atom. The van der Waals surface area contributed by atoms with Crippen LogP contribution in [-0.2, 0) is 9.59 Å². The maximum Gasteiger partial charge on any atom is 0.336 e. The van der Waals surface area contributed by atoms with E-state index < -0.39 is 11.9 Å². The van der Waals surface area contributed by atoms with Gasteiger partial charge in [0.1, 0.15) is 9.98 Å². The smallest absolute Gasteiger partial charge is 0.336 e. The zero-order chi connectivity index (χ0) is 44.7. The van der Waals surface area contributed by atoms with Crippen LogP contribution in [0.3, 0.4) is 0 Å². The van der Waals surface area contributed by atoms with Gasteiger partial charge < -0.3 is 29.9 Å². The maximum atomic E-state index is 14.1. The number of hydrogen-bond acceptors (Lipinski definition) is 12. The molecule has 4 aromatic rings. The molecule has 2 N–H and O–H groups in total. The highest BCUT2D eigenvalue weighted by atomic mass is 32.2. The molecule has 0 amide bonds. The SMILES string of the molecule is CCCNC(=S)c1ccc2c(c1OC(=O)/C=C/C(=O)Oc1c(C(=S)NCCC)ccc3c1N(C(C)CN1CC=CC1)c1ccccc1S3)N(C(C)CN1CC=CC1)c1ccccc1S2. The summed E-state index contributed by atoms with van der Waals surface area (Å²) in [6, 6.07) is 24.5. The van der Waals surface area contributed by atoms with Gasteiger partial charge in [-0.25, -0.2) is 9.59 Å². The number of esters is 2. The van der Waals surface area contributed by atoms with Crippen LogP contribution in [0.5, 0.6) is 11.5 Å². The molecule has 2 atom stereocenters. The molecular formula is C50H54N6O4S4. The first-order valence-corrected chi connectivity index (χ1v) is 24.5. The summed E-state index contributed by atoms with van der Waals surface area (Å²) in [4.78, 5) is 42.6. The van der Waals surface area contributed by atoms with Gasteiger partial charge in [0.25, 0.3) is 0 Å². The van der Waals surface area contributed by atoms with Gasteiger partial charge in [-0.2, -0.15) is 0 Å². The number of fused-ring (bicyclic) bond motifs is 4. The molecule has 4 heterocycles. The number of anilines is 4. The molecule has 0 fully saturated rings. The summed E-state index contributed by atoms with van der Waals surface area (Å²) in [5.74, 6) is -0.801. The van der Waals surface area contributed by atoms with E-state index in [1.54, 1.807) is 23.5 Å². The number of rotatable bonds is 16. The maximum absolute atomic E-state index is 14.1. The number of nitrogens with zero attached hydrogens (tertiary/aromatic N) is 4. The lowest BCUT2D eigenvalue weighted by molar-refractivity contribution is -0.131. The van der Waals surface area contributed by atoms with Gasteiger partial charge in [-0.05, 0) is 75.2 Å². The van der Waals surface area contributed by atoms with Crippen molar-refractivity contribution in [3.8, 4) is 11.5 Å². The van der Waals surface area contributed by atoms with Crippen molar-refractivity contribution in [3.05, 3.63) is 120 Å². The molecule has 0 saturated heterocycles. The molecule has 10 nitrogen and oxygen atoms in total. The second-order valence-electron chi connectivity index (χ2n) is 16.2. The second kappa shape index (κ2) is 20.9. The van der Waals surface area contributed by atoms with Crippen LogP contribution in [0.15, 0.2) is 129 Å². The number of benzene rings is 4. The molecule has 0 spiro atoms. The van der Waals surface area contributed by atoms with Crippen LogP contribution in [0, 0.1) is 0 Å². The first-order chi connectivity index (χ1) is 31.1. The summed E-state index contributed by atoms with van der Waals surface area (Å²) in [7, 11) is 0. The van der Waals surface area contributed by atoms with Gasteiger partial charge in [0.2, 0.25) is 0 Å². The molecule has 64 heavy (non-hydrogen) atoms. The Balaban J connectivity index is 1.13. The fourth-order valence-electron chi connectivity index (χ4n) is 8.49. The molecule has 4 aromatic carbocycles. The van der Waals surface area contributed by atoms with Gasteiger partial charge >= 0.3 is 11.9 Å². The minimum Gasteiger partial charge on any atom is -0.420 e. The largest absolute Gasteiger partial charge is 0.420 e. The summed E-state index contributed by atoms with van der Waals surface area (Å²) >= 11 is 15.2. The highest BCUT2D eigenvalue weighted by Crippen LogP contribution is 2.55. The van der Waals surface area contributed by atoms with Crippen molar-refractivity contribution in [2.45, 2.75) is 72.2 Å². The number of thiocarbonyl (C=S) groups is 2. The van der Waals surface area contributed by atoms with Gasteiger partial charge in [-0.1, -0.05) is 110 Å². The Hall–Kier alpha value is -4.96. The molecule has 0 radical (unpaired) electrons. The van der Waals surface area contributed by atoms with Crippen LogP contribution < -0.4 is 29.9 Å². The summed E-state index contributed by atoms with van der Waals surface area (Å²) in [5.41, 5.74) is 4.76. The van der Waals surface area contributed by atoms with E-state index >= 15 is 0 Å². The van der Waals surface area contributed by atoms with E-state index in [0.717, 1.165) is 107 Å². The van der Waals surface area contributed by atoms with E-state index in [4.69, 9.17) is 33.9 Å². The van der Waals surface area contributed by atoms with Crippen LogP contribution in [0.25, 0.3) is 0 Å². The third-order valence-electron chi connectivity index (χ3n) is 11.4. The number of carbonyl (C=O) groups is 2. The fraction of sp³-hybridized carbons (Fsp3) is 0.320. The average Bonchev–Trinajstić information content (AvgIpc) is 4.03. The monoisotopic (exact) mass is 930 g/mol. The summed E-state index contributed by atoms with van der Waals surface area (Å²) < 4.78 is 12.7. The molecule has 8 rings (SSSR count). The molecule has 2 unspecified atom stereocenters. The first-order valence-electron chi connectivity index (χ1n) is 22.0. The highest BCUT2D eigenvalue weighted by Gasteiger charge is 2.36. The Bertz CT molecular complexity index is 2340. The van der Waals surface area contributed by atoms with Crippen LogP contribution in [-0.4, -0.2) is 96.2 Å². The van der Waals surface area contributed by atoms with Gasteiger partial charge in [-0.3, -0.25) is 9.80 Å². The van der Waals surface area contributed by atoms with Crippen LogP contribution in [0.4, 0.5) is 22.7 Å². The number of nitrogens with one attached hydrogen (secondary N) is 2. The Labute approximate surface area is 396 Å². The quantitative estimate of drug-likeness (QED) is 0.0368. The first kappa shape index (κ1) is 45.6. The topological polar surface area (TPSA) is 89.6 Å². The van der Waals surface area contributed by atoms with Gasteiger partial charge in [0.15, 0.2) is 11.5 Å². The third kappa shape index (κ3) is 9.97. The predicted octanol–water partition coefficient (Wildman–Crippen LogP) is 9.83. The minimum absolute atomic E-state index is 0.000541. The van der Waals surface area contributed by atoms with Crippen molar-refractivity contribution in [2.75, 3.05) is 62.2 Å². The van der Waals surface area contributed by atoms with E-state index in [-0.39, 0.29) is 12.1 Å². The molecule has 4 aliphatic rings. The van der Waals surface area contributed by atoms with E-state index in [1.807, 2.05) is 48.5 Å². The van der Waals surface area contributed by atoms with Gasteiger partial charge in [-0.15, -0.1) is 0 Å². The molecule has 0 aromatic heterocycles. The molecule has 0 bridgehead atoms. The lowest BCUT2D eigenvalue weighted by atomic mass is 10.1. The molecule has 4 aliphatic heterocycles. The number of ether oxygens (including phenoxy) is 2. The van der Waals surface area contributed by atoms with E-state index in [2.05, 4.69) is 106 Å². The lowest BCUT2D eigenvalue weighted by Crippen LogP contribution is -2.40. The average molecular weight is 931 g/mol. The lowest BCUT2D eigenvalue weighted by Gasteiger charge is -2.39. The van der Waals surface area contributed by atoms with Gasteiger partial charge in [0.05, 0.1) is 33.9 Å². The van der Waals surface area contributed by atoms with Crippen molar-refractivity contribution in [2.24, 2.45) is 0 Å². The number of hydrogen-bond donors (Lipinski definition) is 2. The van der Waals surface area contributed by atoms with Crippen LogP contribution in [0.2, 0.25) is 0 Å². The van der Waals surface area contributed by atoms with Gasteiger partial charge in [0, 0.05) is 96.2 Å². The Kier molecular flexibility index (Phi) is 14.9. The number of carbonyl (C=O) groups excluding carboxylic acids is 2. The summed E-state index contributed by atoms with van der Waals surface area (Å²) in [6.45, 7) is 14.9. The molecule has 14 heteroatoms. The van der Waals surface area contributed by atoms with E-state index in [1.165, 1.54) is 0 Å². The zero-order valence-corrected chi connectivity index (χ0v) is 39.9.